The number of fused-ring (bicyclic) bond motifs is 3. The van der Waals surface area contributed by atoms with Crippen molar-refractivity contribution in [2.75, 3.05) is 6.61 Å². The standard InChI is InChI=1S/C25H36O6/c1-8-13(3)22(28)30-17-11-18(31-23(29)14(4)9-2)25(7)19-15(5)10-16(27)20(25)21(19)24(17,6)12-26/h8-9,15,17-21,26H,10-12H2,1-7H3. The maximum Gasteiger partial charge on any atom is 0.333 e. The zero-order valence-electron chi connectivity index (χ0n) is 19.7. The summed E-state index contributed by atoms with van der Waals surface area (Å²) in [7, 11) is 0. The molecule has 0 heterocycles. The number of esters is 2. The van der Waals surface area contributed by atoms with Gasteiger partial charge in [-0.05, 0) is 45.4 Å². The molecular weight excluding hydrogens is 396 g/mol. The van der Waals surface area contributed by atoms with Crippen LogP contribution in [0.15, 0.2) is 23.3 Å². The van der Waals surface area contributed by atoms with E-state index < -0.39 is 35.0 Å². The van der Waals surface area contributed by atoms with Gasteiger partial charge in [0.25, 0.3) is 0 Å². The SMILES string of the molecule is CC=C(C)C(=O)OC1CC(OC(=O)C(C)=CC)C2(C)C3C(=O)CC(C)C2C3C1(C)CO. The summed E-state index contributed by atoms with van der Waals surface area (Å²) >= 11 is 0. The van der Waals surface area contributed by atoms with Gasteiger partial charge in [-0.2, -0.15) is 0 Å². The number of aliphatic hydroxyl groups is 1. The average Bonchev–Trinajstić information content (AvgIpc) is 2.85. The highest BCUT2D eigenvalue weighted by Gasteiger charge is 2.76. The van der Waals surface area contributed by atoms with Crippen LogP contribution >= 0.6 is 0 Å². The molecule has 0 spiro atoms. The third-order valence-electron chi connectivity index (χ3n) is 8.59. The van der Waals surface area contributed by atoms with Gasteiger partial charge in [0.15, 0.2) is 0 Å². The Bertz CT molecular complexity index is 841. The van der Waals surface area contributed by atoms with E-state index in [4.69, 9.17) is 9.47 Å². The topological polar surface area (TPSA) is 89.9 Å². The van der Waals surface area contributed by atoms with E-state index in [1.54, 1.807) is 39.8 Å². The molecular formula is C25H36O6. The predicted molar refractivity (Wildman–Crippen MR) is 116 cm³/mol. The fourth-order valence-corrected chi connectivity index (χ4v) is 6.54. The largest absolute Gasteiger partial charge is 0.458 e. The lowest BCUT2D eigenvalue weighted by Gasteiger charge is -2.68. The van der Waals surface area contributed by atoms with E-state index in [0.29, 0.717) is 17.6 Å². The molecule has 172 valence electrons. The summed E-state index contributed by atoms with van der Waals surface area (Å²) in [5.74, 6) is -0.942. The molecule has 1 N–H and O–H groups in total. The van der Waals surface area contributed by atoms with E-state index in [1.807, 2.05) is 13.8 Å². The number of ketones is 1. The second kappa shape index (κ2) is 8.19. The van der Waals surface area contributed by atoms with Crippen LogP contribution in [0.3, 0.4) is 0 Å². The highest BCUT2D eigenvalue weighted by atomic mass is 16.6. The van der Waals surface area contributed by atoms with Crippen molar-refractivity contribution in [2.24, 2.45) is 34.5 Å². The molecule has 8 unspecified atom stereocenters. The van der Waals surface area contributed by atoms with Crippen LogP contribution < -0.4 is 0 Å². The minimum absolute atomic E-state index is 0.0996. The second-order valence-electron chi connectivity index (χ2n) is 10.2. The van der Waals surface area contributed by atoms with E-state index in [2.05, 4.69) is 6.92 Å². The van der Waals surface area contributed by atoms with Crippen LogP contribution in [-0.2, 0) is 23.9 Å². The quantitative estimate of drug-likeness (QED) is 0.527. The molecule has 6 nitrogen and oxygen atoms in total. The van der Waals surface area contributed by atoms with Crippen molar-refractivity contribution in [1.29, 1.82) is 0 Å². The van der Waals surface area contributed by atoms with Gasteiger partial charge in [-0.25, -0.2) is 9.59 Å². The first-order valence-corrected chi connectivity index (χ1v) is 11.3. The summed E-state index contributed by atoms with van der Waals surface area (Å²) in [6.45, 7) is 12.7. The average molecular weight is 433 g/mol. The van der Waals surface area contributed by atoms with E-state index >= 15 is 0 Å². The van der Waals surface area contributed by atoms with Crippen molar-refractivity contribution >= 4 is 17.7 Å². The molecule has 4 saturated carbocycles. The molecule has 0 saturated heterocycles. The van der Waals surface area contributed by atoms with E-state index in [9.17, 15) is 19.5 Å². The van der Waals surface area contributed by atoms with Crippen molar-refractivity contribution in [3.8, 4) is 0 Å². The Morgan fingerprint density at radius 1 is 1.03 bits per heavy atom. The number of carbonyl (C=O) groups is 3. The first kappa shape index (κ1) is 23.7. The van der Waals surface area contributed by atoms with E-state index in [-0.39, 0.29) is 42.5 Å². The van der Waals surface area contributed by atoms with Gasteiger partial charge in [0, 0.05) is 40.7 Å². The minimum atomic E-state index is -0.792. The molecule has 8 atom stereocenters. The van der Waals surface area contributed by atoms with Crippen molar-refractivity contribution in [3.05, 3.63) is 23.3 Å². The van der Waals surface area contributed by atoms with E-state index in [0.717, 1.165) is 0 Å². The Morgan fingerprint density at radius 2 is 1.55 bits per heavy atom. The smallest absolute Gasteiger partial charge is 0.333 e. The molecule has 0 radical (unpaired) electrons. The molecule has 0 aromatic rings. The Morgan fingerprint density at radius 3 is 2.00 bits per heavy atom. The number of ether oxygens (including phenoxy) is 2. The number of hydrogen-bond acceptors (Lipinski definition) is 6. The number of allylic oxidation sites excluding steroid dienone is 2. The van der Waals surface area contributed by atoms with Crippen LogP contribution in [0, 0.1) is 34.5 Å². The Kier molecular flexibility index (Phi) is 6.27. The van der Waals surface area contributed by atoms with Crippen LogP contribution in [0.5, 0.6) is 0 Å². The van der Waals surface area contributed by atoms with Gasteiger partial charge in [-0.1, -0.05) is 32.9 Å². The van der Waals surface area contributed by atoms with Gasteiger partial charge < -0.3 is 14.6 Å². The second-order valence-corrected chi connectivity index (χ2v) is 10.2. The zero-order valence-corrected chi connectivity index (χ0v) is 19.7. The van der Waals surface area contributed by atoms with Crippen LogP contribution in [0.25, 0.3) is 0 Å². The van der Waals surface area contributed by atoms with Crippen molar-refractivity contribution < 1.29 is 29.0 Å². The monoisotopic (exact) mass is 432 g/mol. The fraction of sp³-hybridized carbons (Fsp3) is 0.720. The summed E-state index contributed by atoms with van der Waals surface area (Å²) < 4.78 is 11.9. The van der Waals surface area contributed by atoms with Gasteiger partial charge in [-0.15, -0.1) is 0 Å². The summed E-state index contributed by atoms with van der Waals surface area (Å²) in [5.41, 5.74) is -0.349. The summed E-state index contributed by atoms with van der Waals surface area (Å²) in [5, 5.41) is 10.5. The zero-order chi connectivity index (χ0) is 23.3. The van der Waals surface area contributed by atoms with Crippen LogP contribution in [0.1, 0.15) is 61.3 Å². The minimum Gasteiger partial charge on any atom is -0.458 e. The van der Waals surface area contributed by atoms with Crippen LogP contribution in [-0.4, -0.2) is 41.6 Å². The van der Waals surface area contributed by atoms with Gasteiger partial charge >= 0.3 is 11.9 Å². The Hall–Kier alpha value is -1.95. The van der Waals surface area contributed by atoms with Gasteiger partial charge in [0.05, 0.1) is 6.61 Å². The Labute approximate surface area is 185 Å². The molecule has 4 bridgehead atoms. The number of carbonyl (C=O) groups excluding carboxylic acids is 3. The first-order chi connectivity index (χ1) is 14.5. The lowest BCUT2D eigenvalue weighted by Crippen LogP contribution is -2.71. The normalized spacial score (nSPS) is 42.4. The Balaban J connectivity index is 2.09. The number of aliphatic hydroxyl groups excluding tert-OH is 1. The van der Waals surface area contributed by atoms with Gasteiger partial charge in [0.2, 0.25) is 0 Å². The lowest BCUT2D eigenvalue weighted by atomic mass is 9.35. The molecule has 6 heteroatoms. The van der Waals surface area contributed by atoms with Crippen LogP contribution in [0.2, 0.25) is 0 Å². The van der Waals surface area contributed by atoms with Crippen molar-refractivity contribution in [3.63, 3.8) is 0 Å². The molecule has 4 fully saturated rings. The molecule has 0 amide bonds. The van der Waals surface area contributed by atoms with Gasteiger partial charge in [-0.3, -0.25) is 4.79 Å². The van der Waals surface area contributed by atoms with Crippen molar-refractivity contribution in [1.82, 2.24) is 0 Å². The maximum absolute atomic E-state index is 13.2. The first-order valence-electron chi connectivity index (χ1n) is 11.3. The molecule has 4 aliphatic carbocycles. The fourth-order valence-electron chi connectivity index (χ4n) is 6.54. The van der Waals surface area contributed by atoms with Crippen molar-refractivity contribution in [2.45, 2.75) is 73.5 Å². The number of Topliss-reactive ketones (excluding diaryl/α,β-unsaturated/α-hetero) is 1. The molecule has 0 aromatic carbocycles. The summed E-state index contributed by atoms with van der Waals surface area (Å²) in [6, 6.07) is 0. The highest BCUT2D eigenvalue weighted by Crippen LogP contribution is 2.73. The maximum atomic E-state index is 13.2. The van der Waals surface area contributed by atoms with Gasteiger partial charge in [0.1, 0.15) is 18.0 Å². The number of rotatable bonds is 5. The summed E-state index contributed by atoms with van der Waals surface area (Å²) in [6.07, 6.45) is 2.90. The predicted octanol–water partition coefficient (Wildman–Crippen LogP) is 3.62. The molecule has 0 aliphatic heterocycles. The molecule has 4 rings (SSSR count). The highest BCUT2D eigenvalue weighted by molar-refractivity contribution is 5.89. The number of hydrogen-bond donors (Lipinski definition) is 1. The summed E-state index contributed by atoms with van der Waals surface area (Å²) in [4.78, 5) is 38.5. The van der Waals surface area contributed by atoms with Crippen LogP contribution in [0.4, 0.5) is 0 Å². The van der Waals surface area contributed by atoms with E-state index in [1.165, 1.54) is 0 Å². The third kappa shape index (κ3) is 3.38. The lowest BCUT2D eigenvalue weighted by molar-refractivity contribution is -0.243. The molecule has 0 aromatic heterocycles. The third-order valence-corrected chi connectivity index (χ3v) is 8.59. The molecule has 4 aliphatic rings. The molecule has 31 heavy (non-hydrogen) atoms.